The van der Waals surface area contributed by atoms with Crippen molar-refractivity contribution < 1.29 is 23.8 Å². The second-order valence-corrected chi connectivity index (χ2v) is 10.2. The van der Waals surface area contributed by atoms with E-state index in [1.165, 1.54) is 0 Å². The van der Waals surface area contributed by atoms with Crippen molar-refractivity contribution in [1.29, 1.82) is 0 Å². The number of nitrogens with one attached hydrogen (secondary N) is 1. The van der Waals surface area contributed by atoms with E-state index in [2.05, 4.69) is 15.2 Å². The third-order valence-electron chi connectivity index (χ3n) is 7.39. The summed E-state index contributed by atoms with van der Waals surface area (Å²) in [6.07, 6.45) is 3.52. The van der Waals surface area contributed by atoms with Crippen molar-refractivity contribution in [2.75, 3.05) is 50.7 Å². The molecule has 2 amide bonds. The van der Waals surface area contributed by atoms with Gasteiger partial charge < -0.3 is 29.3 Å². The summed E-state index contributed by atoms with van der Waals surface area (Å²) in [6.45, 7) is 3.20. The summed E-state index contributed by atoms with van der Waals surface area (Å²) in [7, 11) is 3.10. The number of carbonyl (C=O) groups excluding carboxylic acids is 2. The fourth-order valence-electron chi connectivity index (χ4n) is 5.17. The Labute approximate surface area is 252 Å². The van der Waals surface area contributed by atoms with Crippen molar-refractivity contribution in [3.63, 3.8) is 0 Å². The van der Waals surface area contributed by atoms with E-state index in [1.54, 1.807) is 49.7 Å². The molecule has 0 spiro atoms. The number of hydrogen-bond donors (Lipinski definition) is 1. The van der Waals surface area contributed by atoms with Gasteiger partial charge in [-0.15, -0.1) is 0 Å². The predicted octanol–water partition coefficient (Wildman–Crippen LogP) is 4.89. The maximum absolute atomic E-state index is 14.2. The summed E-state index contributed by atoms with van der Waals surface area (Å²) in [6, 6.07) is 25.3. The molecule has 1 atom stereocenters. The summed E-state index contributed by atoms with van der Waals surface area (Å²) in [5.41, 5.74) is 3.94. The van der Waals surface area contributed by atoms with Crippen LogP contribution in [0.1, 0.15) is 22.7 Å². The van der Waals surface area contributed by atoms with Crippen molar-refractivity contribution in [3.8, 4) is 11.5 Å². The molecule has 1 unspecified atom stereocenters. The van der Waals surface area contributed by atoms with Crippen molar-refractivity contribution in [1.82, 2.24) is 9.88 Å². The zero-order valence-corrected chi connectivity index (χ0v) is 24.4. The van der Waals surface area contributed by atoms with Gasteiger partial charge in [-0.2, -0.15) is 0 Å². The number of amides is 2. The molecule has 1 N–H and O–H groups in total. The van der Waals surface area contributed by atoms with Crippen LogP contribution in [-0.4, -0.2) is 62.2 Å². The molecule has 0 radical (unpaired) electrons. The highest BCUT2D eigenvalue weighted by Gasteiger charge is 2.32. The number of hydrogen-bond acceptors (Lipinski definition) is 7. The van der Waals surface area contributed by atoms with Gasteiger partial charge in [0, 0.05) is 43.4 Å². The van der Waals surface area contributed by atoms with E-state index in [0.29, 0.717) is 36.0 Å². The first-order valence-electron chi connectivity index (χ1n) is 14.2. The number of ether oxygens (including phenoxy) is 3. The number of nitrogens with zero attached hydrogens (tertiary/aromatic N) is 3. The molecule has 43 heavy (non-hydrogen) atoms. The van der Waals surface area contributed by atoms with Crippen LogP contribution in [0.25, 0.3) is 0 Å². The van der Waals surface area contributed by atoms with Crippen molar-refractivity contribution >= 4 is 23.2 Å². The van der Waals surface area contributed by atoms with Gasteiger partial charge in [0.05, 0.1) is 33.9 Å². The van der Waals surface area contributed by atoms with E-state index in [9.17, 15) is 9.59 Å². The standard InChI is InChI=1S/C34H36N4O5/c1-41-30-15-10-27(22-31(30)42-2)33(34(40)36-28-11-13-29(14-12-28)37-17-19-43-20-18-37)38(24-26-9-6-16-35-23-26)32(39)21-25-7-4-3-5-8-25/h3-16,22-23,33H,17-21,24H2,1-2H3,(H,36,40). The largest absolute Gasteiger partial charge is 0.493 e. The van der Waals surface area contributed by atoms with Crippen molar-refractivity contribution in [2.45, 2.75) is 19.0 Å². The Hall–Kier alpha value is -4.89. The van der Waals surface area contributed by atoms with Crippen LogP contribution in [0.3, 0.4) is 0 Å². The number of aromatic nitrogens is 1. The molecule has 1 aliphatic rings. The van der Waals surface area contributed by atoms with Crippen LogP contribution >= 0.6 is 0 Å². The Kier molecular flexibility index (Phi) is 9.86. The first kappa shape index (κ1) is 29.6. The minimum absolute atomic E-state index is 0.131. The van der Waals surface area contributed by atoms with E-state index in [1.807, 2.05) is 66.7 Å². The van der Waals surface area contributed by atoms with E-state index in [-0.39, 0.29) is 24.8 Å². The Balaban J connectivity index is 1.50. The van der Waals surface area contributed by atoms with Crippen LogP contribution in [0.2, 0.25) is 0 Å². The second-order valence-electron chi connectivity index (χ2n) is 10.2. The predicted molar refractivity (Wildman–Crippen MR) is 165 cm³/mol. The number of rotatable bonds is 11. The normalized spacial score (nSPS) is 13.6. The summed E-state index contributed by atoms with van der Waals surface area (Å²) in [4.78, 5) is 36.3. The molecular formula is C34H36N4O5. The molecule has 222 valence electrons. The van der Waals surface area contributed by atoms with E-state index >= 15 is 0 Å². The zero-order chi connectivity index (χ0) is 30.0. The highest BCUT2D eigenvalue weighted by molar-refractivity contribution is 5.98. The average Bonchev–Trinajstić information content (AvgIpc) is 3.06. The molecule has 3 aromatic carbocycles. The highest BCUT2D eigenvalue weighted by Crippen LogP contribution is 2.34. The molecule has 5 rings (SSSR count). The quantitative estimate of drug-likeness (QED) is 0.270. The molecule has 1 saturated heterocycles. The topological polar surface area (TPSA) is 93.2 Å². The monoisotopic (exact) mass is 580 g/mol. The van der Waals surface area contributed by atoms with Crippen LogP contribution in [0, 0.1) is 0 Å². The summed E-state index contributed by atoms with van der Waals surface area (Å²) < 4.78 is 16.5. The fraction of sp³-hybridized carbons (Fsp3) is 0.265. The lowest BCUT2D eigenvalue weighted by atomic mass is 10.0. The third-order valence-corrected chi connectivity index (χ3v) is 7.39. The fourth-order valence-corrected chi connectivity index (χ4v) is 5.17. The van der Waals surface area contributed by atoms with Crippen LogP contribution in [0.15, 0.2) is 97.3 Å². The first-order valence-corrected chi connectivity index (χ1v) is 14.2. The lowest BCUT2D eigenvalue weighted by Crippen LogP contribution is -2.41. The molecule has 1 aliphatic heterocycles. The number of pyridine rings is 1. The average molecular weight is 581 g/mol. The molecule has 0 saturated carbocycles. The molecule has 2 heterocycles. The van der Waals surface area contributed by atoms with Gasteiger partial charge in [-0.3, -0.25) is 14.6 Å². The number of carbonyl (C=O) groups is 2. The van der Waals surface area contributed by atoms with E-state index in [4.69, 9.17) is 14.2 Å². The van der Waals surface area contributed by atoms with Gasteiger partial charge in [0.1, 0.15) is 6.04 Å². The van der Waals surface area contributed by atoms with Crippen LogP contribution in [-0.2, 0) is 27.3 Å². The van der Waals surface area contributed by atoms with Crippen LogP contribution in [0.4, 0.5) is 11.4 Å². The highest BCUT2D eigenvalue weighted by atomic mass is 16.5. The Morgan fingerprint density at radius 2 is 1.63 bits per heavy atom. The van der Waals surface area contributed by atoms with Crippen molar-refractivity contribution in [3.05, 3.63) is 114 Å². The molecule has 0 bridgehead atoms. The van der Waals surface area contributed by atoms with Crippen molar-refractivity contribution in [2.24, 2.45) is 0 Å². The third kappa shape index (κ3) is 7.50. The maximum atomic E-state index is 14.2. The minimum atomic E-state index is -0.977. The molecule has 9 heteroatoms. The van der Waals surface area contributed by atoms with Gasteiger partial charge >= 0.3 is 0 Å². The number of methoxy groups -OCH3 is 2. The number of morpholine rings is 1. The Morgan fingerprint density at radius 3 is 2.30 bits per heavy atom. The van der Waals surface area contributed by atoms with E-state index < -0.39 is 6.04 Å². The van der Waals surface area contributed by atoms with Gasteiger partial charge in [-0.1, -0.05) is 42.5 Å². The summed E-state index contributed by atoms with van der Waals surface area (Å²) >= 11 is 0. The minimum Gasteiger partial charge on any atom is -0.493 e. The van der Waals surface area contributed by atoms with Gasteiger partial charge in [-0.05, 0) is 59.2 Å². The van der Waals surface area contributed by atoms with E-state index in [0.717, 1.165) is 29.9 Å². The van der Waals surface area contributed by atoms with Gasteiger partial charge in [-0.25, -0.2) is 0 Å². The molecular weight excluding hydrogens is 544 g/mol. The second kappa shape index (κ2) is 14.3. The molecule has 0 aliphatic carbocycles. The van der Waals surface area contributed by atoms with Crippen LogP contribution < -0.4 is 19.7 Å². The maximum Gasteiger partial charge on any atom is 0.251 e. The molecule has 4 aromatic rings. The Bertz CT molecular complexity index is 1490. The molecule has 1 fully saturated rings. The number of benzene rings is 3. The SMILES string of the molecule is COc1ccc(C(C(=O)Nc2ccc(N3CCOCC3)cc2)N(Cc2cccnc2)C(=O)Cc2ccccc2)cc1OC. The zero-order valence-electron chi connectivity index (χ0n) is 24.4. The van der Waals surface area contributed by atoms with Crippen LogP contribution in [0.5, 0.6) is 11.5 Å². The lowest BCUT2D eigenvalue weighted by Gasteiger charge is -2.32. The lowest BCUT2D eigenvalue weighted by molar-refractivity contribution is -0.139. The van der Waals surface area contributed by atoms with Gasteiger partial charge in [0.25, 0.3) is 5.91 Å². The first-order chi connectivity index (χ1) is 21.1. The molecule has 1 aromatic heterocycles. The molecule has 9 nitrogen and oxygen atoms in total. The number of anilines is 2. The smallest absolute Gasteiger partial charge is 0.251 e. The summed E-state index contributed by atoms with van der Waals surface area (Å²) in [5.74, 6) is 0.437. The van der Waals surface area contributed by atoms with Gasteiger partial charge in [0.2, 0.25) is 5.91 Å². The Morgan fingerprint density at radius 1 is 0.907 bits per heavy atom. The summed E-state index contributed by atoms with van der Waals surface area (Å²) in [5, 5.41) is 3.06. The van der Waals surface area contributed by atoms with Gasteiger partial charge in [0.15, 0.2) is 11.5 Å².